The topological polar surface area (TPSA) is 66.5 Å². The van der Waals surface area contributed by atoms with Crippen LogP contribution in [0.4, 0.5) is 4.79 Å². The molecule has 0 saturated carbocycles. The monoisotopic (exact) mass is 254 g/mol. The first kappa shape index (κ1) is 14.7. The van der Waals surface area contributed by atoms with Gasteiger partial charge in [0, 0.05) is 6.04 Å². The number of urea groups is 1. The third-order valence-electron chi connectivity index (χ3n) is 3.64. The fraction of sp³-hybridized carbons (Fsp3) is 0.769. The maximum absolute atomic E-state index is 12.2. The number of imide groups is 2. The van der Waals surface area contributed by atoms with Crippen LogP contribution in [0.15, 0.2) is 0 Å². The van der Waals surface area contributed by atoms with Gasteiger partial charge in [-0.1, -0.05) is 20.3 Å². The molecular weight excluding hydrogens is 232 g/mol. The van der Waals surface area contributed by atoms with Crippen molar-refractivity contribution in [2.75, 3.05) is 0 Å². The molecular formula is C13H22N2O3. The standard InChI is InChI=1S/C13H22N2O3/c1-6-8(2)7-9(3)15-11(17)13(4,5)10(16)14-12(15)18/h8-9H,6-7H2,1-5H3,(H,14,16,18). The molecule has 2 unspecified atom stereocenters. The van der Waals surface area contributed by atoms with Crippen LogP contribution in [-0.4, -0.2) is 28.8 Å². The number of carbonyl (C=O) groups excluding carboxylic acids is 3. The number of hydrogen-bond donors (Lipinski definition) is 1. The first-order valence-corrected chi connectivity index (χ1v) is 6.40. The van der Waals surface area contributed by atoms with Gasteiger partial charge in [-0.25, -0.2) is 4.79 Å². The molecule has 1 N–H and O–H groups in total. The summed E-state index contributed by atoms with van der Waals surface area (Å²) in [6, 6.07) is -0.792. The summed E-state index contributed by atoms with van der Waals surface area (Å²) in [4.78, 5) is 36.8. The van der Waals surface area contributed by atoms with Crippen molar-refractivity contribution in [2.45, 2.75) is 53.5 Å². The molecule has 5 nitrogen and oxygen atoms in total. The van der Waals surface area contributed by atoms with Crippen LogP contribution in [0, 0.1) is 11.3 Å². The van der Waals surface area contributed by atoms with Gasteiger partial charge in [0.25, 0.3) is 0 Å². The summed E-state index contributed by atoms with van der Waals surface area (Å²) in [5.74, 6) is -0.502. The first-order valence-electron chi connectivity index (χ1n) is 6.40. The molecule has 0 aromatic rings. The molecule has 0 aliphatic carbocycles. The van der Waals surface area contributed by atoms with Gasteiger partial charge in [-0.05, 0) is 33.1 Å². The second-order valence-electron chi connectivity index (χ2n) is 5.66. The Hall–Kier alpha value is -1.39. The minimum absolute atomic E-state index is 0.195. The summed E-state index contributed by atoms with van der Waals surface area (Å²) < 4.78 is 0. The fourth-order valence-electron chi connectivity index (χ4n) is 2.06. The second-order valence-corrected chi connectivity index (χ2v) is 5.66. The highest BCUT2D eigenvalue weighted by atomic mass is 16.2. The van der Waals surface area contributed by atoms with E-state index in [-0.39, 0.29) is 6.04 Å². The summed E-state index contributed by atoms with van der Waals surface area (Å²) >= 11 is 0. The van der Waals surface area contributed by atoms with Gasteiger partial charge in [0.15, 0.2) is 0 Å². The van der Waals surface area contributed by atoms with Crippen molar-refractivity contribution in [1.82, 2.24) is 10.2 Å². The van der Waals surface area contributed by atoms with E-state index in [9.17, 15) is 14.4 Å². The molecule has 0 aromatic carbocycles. The quantitative estimate of drug-likeness (QED) is 0.779. The third kappa shape index (κ3) is 2.54. The van der Waals surface area contributed by atoms with Gasteiger partial charge in [0.1, 0.15) is 5.41 Å². The minimum Gasteiger partial charge on any atom is -0.277 e. The van der Waals surface area contributed by atoms with Crippen LogP contribution < -0.4 is 5.32 Å². The molecule has 1 heterocycles. The van der Waals surface area contributed by atoms with Crippen LogP contribution in [-0.2, 0) is 9.59 Å². The average molecular weight is 254 g/mol. The Kier molecular flexibility index (Phi) is 4.14. The van der Waals surface area contributed by atoms with Gasteiger partial charge in [0.05, 0.1) is 0 Å². The van der Waals surface area contributed by atoms with E-state index in [0.717, 1.165) is 12.8 Å². The maximum atomic E-state index is 12.2. The van der Waals surface area contributed by atoms with Crippen molar-refractivity contribution in [3.8, 4) is 0 Å². The zero-order valence-corrected chi connectivity index (χ0v) is 11.7. The zero-order valence-electron chi connectivity index (χ0n) is 11.7. The van der Waals surface area contributed by atoms with Crippen LogP contribution >= 0.6 is 0 Å². The van der Waals surface area contributed by atoms with Crippen LogP contribution in [0.25, 0.3) is 0 Å². The van der Waals surface area contributed by atoms with E-state index in [1.165, 1.54) is 4.90 Å². The Morgan fingerprint density at radius 3 is 2.28 bits per heavy atom. The number of carbonyl (C=O) groups is 3. The van der Waals surface area contributed by atoms with Crippen LogP contribution in [0.2, 0.25) is 0 Å². The number of nitrogens with one attached hydrogen (secondary N) is 1. The molecule has 1 aliphatic rings. The lowest BCUT2D eigenvalue weighted by Crippen LogP contribution is -2.64. The smallest absolute Gasteiger partial charge is 0.277 e. The number of barbiturate groups is 1. The summed E-state index contributed by atoms with van der Waals surface area (Å²) in [7, 11) is 0. The predicted octanol–water partition coefficient (Wildman–Crippen LogP) is 1.92. The maximum Gasteiger partial charge on any atom is 0.331 e. The molecule has 1 aliphatic heterocycles. The highest BCUT2D eigenvalue weighted by molar-refractivity contribution is 6.18. The number of rotatable bonds is 4. The van der Waals surface area contributed by atoms with E-state index >= 15 is 0 Å². The van der Waals surface area contributed by atoms with E-state index in [2.05, 4.69) is 19.2 Å². The zero-order chi connectivity index (χ0) is 14.1. The Balaban J connectivity index is 2.90. The van der Waals surface area contributed by atoms with Crippen molar-refractivity contribution in [3.63, 3.8) is 0 Å². The SMILES string of the molecule is CCC(C)CC(C)N1C(=O)NC(=O)C(C)(C)C1=O. The Labute approximate surface area is 108 Å². The highest BCUT2D eigenvalue weighted by Gasteiger charge is 2.48. The van der Waals surface area contributed by atoms with E-state index in [1.54, 1.807) is 13.8 Å². The van der Waals surface area contributed by atoms with Gasteiger partial charge >= 0.3 is 6.03 Å². The van der Waals surface area contributed by atoms with Crippen LogP contribution in [0.3, 0.4) is 0 Å². The fourth-order valence-corrected chi connectivity index (χ4v) is 2.06. The summed E-state index contributed by atoms with van der Waals surface area (Å²) in [5, 5.41) is 2.25. The van der Waals surface area contributed by atoms with Crippen molar-refractivity contribution in [2.24, 2.45) is 11.3 Å². The summed E-state index contributed by atoms with van der Waals surface area (Å²) in [6.45, 7) is 9.08. The second kappa shape index (κ2) is 5.08. The van der Waals surface area contributed by atoms with Gasteiger partial charge in [-0.15, -0.1) is 0 Å². The molecule has 2 atom stereocenters. The van der Waals surface area contributed by atoms with E-state index in [0.29, 0.717) is 5.92 Å². The molecule has 1 saturated heterocycles. The lowest BCUT2D eigenvalue weighted by atomic mass is 9.87. The van der Waals surface area contributed by atoms with E-state index < -0.39 is 23.3 Å². The van der Waals surface area contributed by atoms with Gasteiger partial charge in [0.2, 0.25) is 11.8 Å². The first-order chi connectivity index (χ1) is 8.21. The van der Waals surface area contributed by atoms with Gasteiger partial charge in [-0.3, -0.25) is 19.8 Å². The van der Waals surface area contributed by atoms with Gasteiger partial charge in [-0.2, -0.15) is 0 Å². The van der Waals surface area contributed by atoms with Crippen LogP contribution in [0.5, 0.6) is 0 Å². The van der Waals surface area contributed by atoms with Crippen molar-refractivity contribution in [3.05, 3.63) is 0 Å². The normalized spacial score (nSPS) is 22.7. The Morgan fingerprint density at radius 2 is 1.78 bits per heavy atom. The lowest BCUT2D eigenvalue weighted by molar-refractivity contribution is -0.150. The largest absolute Gasteiger partial charge is 0.331 e. The average Bonchev–Trinajstić information content (AvgIpc) is 2.26. The number of amides is 4. The van der Waals surface area contributed by atoms with Crippen molar-refractivity contribution in [1.29, 1.82) is 0 Å². The molecule has 0 bridgehead atoms. The van der Waals surface area contributed by atoms with Crippen LogP contribution in [0.1, 0.15) is 47.5 Å². The molecule has 4 amide bonds. The molecule has 0 aromatic heterocycles. The van der Waals surface area contributed by atoms with Crippen molar-refractivity contribution < 1.29 is 14.4 Å². The van der Waals surface area contributed by atoms with Gasteiger partial charge < -0.3 is 0 Å². The highest BCUT2D eigenvalue weighted by Crippen LogP contribution is 2.26. The Morgan fingerprint density at radius 1 is 1.22 bits per heavy atom. The number of nitrogens with zero attached hydrogens (tertiary/aromatic N) is 1. The molecule has 0 spiro atoms. The minimum atomic E-state index is -1.17. The summed E-state index contributed by atoms with van der Waals surface area (Å²) in [6.07, 6.45) is 1.75. The number of hydrogen-bond acceptors (Lipinski definition) is 3. The molecule has 18 heavy (non-hydrogen) atoms. The third-order valence-corrected chi connectivity index (χ3v) is 3.64. The molecule has 102 valence electrons. The summed E-state index contributed by atoms with van der Waals surface area (Å²) in [5.41, 5.74) is -1.17. The van der Waals surface area contributed by atoms with E-state index in [4.69, 9.17) is 0 Å². The van der Waals surface area contributed by atoms with Crippen molar-refractivity contribution >= 4 is 17.8 Å². The lowest BCUT2D eigenvalue weighted by Gasteiger charge is -2.38. The predicted molar refractivity (Wildman–Crippen MR) is 67.7 cm³/mol. The Bertz CT molecular complexity index is 376. The molecule has 0 radical (unpaired) electrons. The molecule has 1 fully saturated rings. The molecule has 1 rings (SSSR count). The molecule has 5 heteroatoms. The van der Waals surface area contributed by atoms with E-state index in [1.807, 2.05) is 6.92 Å².